The van der Waals surface area contributed by atoms with Crippen molar-refractivity contribution in [2.45, 2.75) is 0 Å². The van der Waals surface area contributed by atoms with E-state index >= 15 is 0 Å². The van der Waals surface area contributed by atoms with Crippen molar-refractivity contribution >= 4 is 39.4 Å². The number of aromatic hydroxyl groups is 1. The Morgan fingerprint density at radius 3 is 2.50 bits per heavy atom. The maximum absolute atomic E-state index is 12.1. The topological polar surface area (TPSA) is 146 Å². The van der Waals surface area contributed by atoms with Crippen LogP contribution >= 0.6 is 11.3 Å². The summed E-state index contributed by atoms with van der Waals surface area (Å²) in [6, 6.07) is 1.21. The van der Waals surface area contributed by atoms with Gasteiger partial charge in [-0.3, -0.25) is 14.4 Å². The summed E-state index contributed by atoms with van der Waals surface area (Å²) in [7, 11) is 1.32. The molecule has 2 aromatic heterocycles. The van der Waals surface area contributed by atoms with Crippen molar-refractivity contribution in [3.63, 3.8) is 0 Å². The highest BCUT2D eigenvalue weighted by Crippen LogP contribution is 2.33. The van der Waals surface area contributed by atoms with Crippen LogP contribution in [0.3, 0.4) is 0 Å². The van der Waals surface area contributed by atoms with Crippen molar-refractivity contribution < 1.29 is 29.7 Å². The number of carboxylic acid groups (broad SMARTS) is 2. The molecule has 1 amide bonds. The number of aryl methyl sites for hydroxylation is 1. The Morgan fingerprint density at radius 2 is 1.95 bits per heavy atom. The number of nitrogens with one attached hydrogen (secondary N) is 1. The number of hydrogen-bond donors (Lipinski definition) is 4. The third-order valence-corrected chi connectivity index (χ3v) is 4.00. The first-order chi connectivity index (χ1) is 10.2. The van der Waals surface area contributed by atoms with Gasteiger partial charge in [-0.05, 0) is 6.07 Å². The molecule has 0 spiro atoms. The lowest BCUT2D eigenvalue weighted by molar-refractivity contribution is -0.135. The van der Waals surface area contributed by atoms with Crippen molar-refractivity contribution in [1.82, 2.24) is 9.88 Å². The summed E-state index contributed by atoms with van der Waals surface area (Å²) in [6.07, 6.45) is 0. The molecule has 2 aromatic rings. The Kier molecular flexibility index (Phi) is 3.87. The fourth-order valence-corrected chi connectivity index (χ4v) is 2.82. The van der Waals surface area contributed by atoms with Crippen LogP contribution < -0.4 is 10.9 Å². The quantitative estimate of drug-likeness (QED) is 0.609. The second-order valence-electron chi connectivity index (χ2n) is 4.29. The number of carbonyl (C=O) groups excluding carboxylic acids is 1. The molecule has 0 unspecified atom stereocenters. The molecule has 0 saturated carbocycles. The molecule has 0 aliphatic heterocycles. The third-order valence-electron chi connectivity index (χ3n) is 2.88. The molecule has 9 nitrogen and oxygen atoms in total. The Morgan fingerprint density at radius 1 is 1.32 bits per heavy atom. The lowest BCUT2D eigenvalue weighted by Gasteiger charge is -2.08. The molecular formula is C12H10N2O7S. The number of aliphatic carboxylic acids is 1. The van der Waals surface area contributed by atoms with E-state index in [-0.39, 0.29) is 15.1 Å². The summed E-state index contributed by atoms with van der Waals surface area (Å²) >= 11 is 0.705. The molecular weight excluding hydrogens is 316 g/mol. The summed E-state index contributed by atoms with van der Waals surface area (Å²) in [5.74, 6) is -4.26. The zero-order valence-corrected chi connectivity index (χ0v) is 11.9. The van der Waals surface area contributed by atoms with Gasteiger partial charge >= 0.3 is 11.9 Å². The van der Waals surface area contributed by atoms with Gasteiger partial charge in [0.15, 0.2) is 5.75 Å². The zero-order valence-electron chi connectivity index (χ0n) is 11.1. The standard InChI is InChI=1S/C12H10N2O7S/c1-14-4-2-5(12(20)21)22-9(4)8(17)7(11(14)19)10(18)13-3-6(15)16/h2,17H,3H2,1H3,(H,13,18)(H,15,16)(H,20,21). The molecule has 116 valence electrons. The second-order valence-corrected chi connectivity index (χ2v) is 5.35. The van der Waals surface area contributed by atoms with Crippen LogP contribution in [0.5, 0.6) is 5.75 Å². The lowest BCUT2D eigenvalue weighted by atomic mass is 10.2. The van der Waals surface area contributed by atoms with E-state index in [9.17, 15) is 24.3 Å². The van der Waals surface area contributed by atoms with Crippen LogP contribution in [0, 0.1) is 0 Å². The Balaban J connectivity index is 2.65. The predicted octanol–water partition coefficient (Wildman–Crippen LogP) is -0.182. The summed E-state index contributed by atoms with van der Waals surface area (Å²) in [5, 5.41) is 29.5. The van der Waals surface area contributed by atoms with Gasteiger partial charge in [0.2, 0.25) is 0 Å². The molecule has 0 aliphatic carbocycles. The van der Waals surface area contributed by atoms with Gasteiger partial charge in [-0.2, -0.15) is 0 Å². The molecule has 2 rings (SSSR count). The smallest absolute Gasteiger partial charge is 0.345 e. The Hall–Kier alpha value is -2.88. The van der Waals surface area contributed by atoms with Gasteiger partial charge in [0, 0.05) is 7.05 Å². The molecule has 0 radical (unpaired) electrons. The molecule has 0 aliphatic rings. The SMILES string of the molecule is Cn1c(=O)c(C(=O)NCC(=O)O)c(O)c2sc(C(=O)O)cc21. The number of amides is 1. The lowest BCUT2D eigenvalue weighted by Crippen LogP contribution is -2.35. The molecule has 22 heavy (non-hydrogen) atoms. The van der Waals surface area contributed by atoms with E-state index < -0.39 is 41.3 Å². The Bertz CT molecular complexity index is 864. The highest BCUT2D eigenvalue weighted by Gasteiger charge is 2.24. The van der Waals surface area contributed by atoms with Crippen molar-refractivity contribution in [3.8, 4) is 5.75 Å². The molecule has 2 heterocycles. The van der Waals surface area contributed by atoms with Gasteiger partial charge in [-0.1, -0.05) is 0 Å². The normalized spacial score (nSPS) is 10.6. The molecule has 0 saturated heterocycles. The molecule has 4 N–H and O–H groups in total. The third kappa shape index (κ3) is 2.51. The predicted molar refractivity (Wildman–Crippen MR) is 75.7 cm³/mol. The number of nitrogens with zero attached hydrogens (tertiary/aromatic N) is 1. The minimum Gasteiger partial charge on any atom is -0.505 e. The summed E-state index contributed by atoms with van der Waals surface area (Å²) in [5.41, 5.74) is -1.32. The number of hydrogen-bond acceptors (Lipinski definition) is 6. The van der Waals surface area contributed by atoms with Crippen molar-refractivity contribution in [2.75, 3.05) is 6.54 Å². The van der Waals surface area contributed by atoms with Gasteiger partial charge in [-0.25, -0.2) is 4.79 Å². The summed E-state index contributed by atoms with van der Waals surface area (Å²) in [4.78, 5) is 45.3. The van der Waals surface area contributed by atoms with Gasteiger partial charge in [0.05, 0.1) is 10.2 Å². The minimum absolute atomic E-state index is 0.0555. The Labute approximate surface area is 126 Å². The van der Waals surface area contributed by atoms with E-state index in [0.29, 0.717) is 11.3 Å². The van der Waals surface area contributed by atoms with E-state index in [4.69, 9.17) is 10.2 Å². The summed E-state index contributed by atoms with van der Waals surface area (Å²) < 4.78 is 1.08. The number of carboxylic acids is 2. The van der Waals surface area contributed by atoms with Crippen LogP contribution in [0.1, 0.15) is 20.0 Å². The largest absolute Gasteiger partial charge is 0.505 e. The number of thiophene rings is 1. The second kappa shape index (κ2) is 5.48. The van der Waals surface area contributed by atoms with E-state index in [1.54, 1.807) is 0 Å². The van der Waals surface area contributed by atoms with Gasteiger partial charge in [0.1, 0.15) is 17.0 Å². The van der Waals surface area contributed by atoms with Gasteiger partial charge in [0.25, 0.3) is 11.5 Å². The van der Waals surface area contributed by atoms with E-state index in [2.05, 4.69) is 0 Å². The highest BCUT2D eigenvalue weighted by molar-refractivity contribution is 7.21. The van der Waals surface area contributed by atoms with Crippen LogP contribution in [0.2, 0.25) is 0 Å². The van der Waals surface area contributed by atoms with Gasteiger partial charge < -0.3 is 25.2 Å². The van der Waals surface area contributed by atoms with Crippen LogP contribution in [0.4, 0.5) is 0 Å². The first kappa shape index (κ1) is 15.5. The van der Waals surface area contributed by atoms with E-state index in [0.717, 1.165) is 4.57 Å². The average molecular weight is 326 g/mol. The van der Waals surface area contributed by atoms with Crippen LogP contribution in [0.25, 0.3) is 10.2 Å². The average Bonchev–Trinajstić information content (AvgIpc) is 2.88. The molecule has 10 heteroatoms. The molecule has 0 aromatic carbocycles. The number of pyridine rings is 1. The van der Waals surface area contributed by atoms with E-state index in [1.165, 1.54) is 13.1 Å². The van der Waals surface area contributed by atoms with Crippen molar-refractivity contribution in [2.24, 2.45) is 7.05 Å². The fourth-order valence-electron chi connectivity index (χ4n) is 1.85. The monoisotopic (exact) mass is 326 g/mol. The van der Waals surface area contributed by atoms with Crippen molar-refractivity contribution in [1.29, 1.82) is 0 Å². The van der Waals surface area contributed by atoms with Crippen molar-refractivity contribution in [3.05, 3.63) is 26.9 Å². The first-order valence-corrected chi connectivity index (χ1v) is 6.64. The van der Waals surface area contributed by atoms with Crippen LogP contribution in [-0.2, 0) is 11.8 Å². The fraction of sp³-hybridized carbons (Fsp3) is 0.167. The molecule has 0 bridgehead atoms. The van der Waals surface area contributed by atoms with E-state index in [1.807, 2.05) is 5.32 Å². The maximum atomic E-state index is 12.1. The number of carbonyl (C=O) groups is 3. The number of rotatable bonds is 4. The first-order valence-electron chi connectivity index (χ1n) is 5.82. The zero-order chi connectivity index (χ0) is 16.6. The maximum Gasteiger partial charge on any atom is 0.345 e. The summed E-state index contributed by atoms with van der Waals surface area (Å²) in [6.45, 7) is -0.718. The molecule has 0 atom stereocenters. The number of aromatic nitrogens is 1. The van der Waals surface area contributed by atoms with Crippen LogP contribution in [0.15, 0.2) is 10.9 Å². The number of aromatic carboxylic acids is 1. The van der Waals surface area contributed by atoms with Gasteiger partial charge in [-0.15, -0.1) is 11.3 Å². The minimum atomic E-state index is -1.31. The van der Waals surface area contributed by atoms with Crippen LogP contribution in [-0.4, -0.2) is 44.3 Å². The molecule has 0 fully saturated rings. The number of fused-ring (bicyclic) bond motifs is 1. The highest BCUT2D eigenvalue weighted by atomic mass is 32.1.